The topological polar surface area (TPSA) is 78.4 Å². The van der Waals surface area contributed by atoms with E-state index in [0.29, 0.717) is 17.9 Å². The summed E-state index contributed by atoms with van der Waals surface area (Å²) in [7, 11) is 0. The molecule has 0 bridgehead atoms. The van der Waals surface area contributed by atoms with Crippen molar-refractivity contribution < 1.29 is 9.66 Å². The molecule has 0 aliphatic carbocycles. The Morgan fingerprint density at radius 3 is 2.58 bits per heavy atom. The van der Waals surface area contributed by atoms with E-state index in [2.05, 4.69) is 0 Å². The van der Waals surface area contributed by atoms with Crippen LogP contribution in [0.5, 0.6) is 5.75 Å². The number of nitro benzene ring substituents is 1. The van der Waals surface area contributed by atoms with Crippen molar-refractivity contribution in [2.24, 2.45) is 0 Å². The van der Waals surface area contributed by atoms with Crippen molar-refractivity contribution in [1.29, 1.82) is 0 Å². The van der Waals surface area contributed by atoms with Crippen molar-refractivity contribution in [3.8, 4) is 5.75 Å². The predicted molar refractivity (Wildman–Crippen MR) is 73.0 cm³/mol. The zero-order valence-corrected chi connectivity index (χ0v) is 10.5. The molecule has 0 fully saturated rings. The number of nitrogens with two attached hydrogens (primary N) is 1. The van der Waals surface area contributed by atoms with Crippen LogP contribution in [0.4, 0.5) is 11.4 Å². The molecule has 0 heterocycles. The maximum atomic E-state index is 10.9. The van der Waals surface area contributed by atoms with Crippen LogP contribution in [0.15, 0.2) is 42.5 Å². The standard InChI is InChI=1S/C14H14N2O3/c1-10-7-12(8-13(14(10)15)16(17)18)19-9-11-5-3-2-4-6-11/h2-8H,9,15H2,1H3. The summed E-state index contributed by atoms with van der Waals surface area (Å²) >= 11 is 0. The Morgan fingerprint density at radius 2 is 1.95 bits per heavy atom. The molecule has 0 aromatic heterocycles. The van der Waals surface area contributed by atoms with E-state index in [-0.39, 0.29) is 11.4 Å². The van der Waals surface area contributed by atoms with Gasteiger partial charge in [-0.25, -0.2) is 0 Å². The van der Waals surface area contributed by atoms with Gasteiger partial charge in [-0.15, -0.1) is 0 Å². The van der Waals surface area contributed by atoms with Gasteiger partial charge in [0.2, 0.25) is 0 Å². The molecule has 2 N–H and O–H groups in total. The number of hydrogen-bond donors (Lipinski definition) is 1. The molecule has 0 aliphatic heterocycles. The Bertz CT molecular complexity index is 597. The third-order valence-corrected chi connectivity index (χ3v) is 2.78. The number of nitro groups is 1. The fourth-order valence-electron chi connectivity index (χ4n) is 1.72. The first-order chi connectivity index (χ1) is 9.08. The van der Waals surface area contributed by atoms with Gasteiger partial charge in [-0.2, -0.15) is 0 Å². The maximum Gasteiger partial charge on any atom is 0.296 e. The third-order valence-electron chi connectivity index (χ3n) is 2.78. The van der Waals surface area contributed by atoms with Crippen LogP contribution in [-0.2, 0) is 6.61 Å². The lowest BCUT2D eigenvalue weighted by molar-refractivity contribution is -0.384. The van der Waals surface area contributed by atoms with Gasteiger partial charge in [0, 0.05) is 0 Å². The molecular weight excluding hydrogens is 244 g/mol. The van der Waals surface area contributed by atoms with Gasteiger partial charge in [-0.3, -0.25) is 10.1 Å². The van der Waals surface area contributed by atoms with Gasteiger partial charge in [0.1, 0.15) is 18.0 Å². The minimum atomic E-state index is -0.502. The molecule has 2 aromatic carbocycles. The van der Waals surface area contributed by atoms with Crippen LogP contribution in [0, 0.1) is 17.0 Å². The first-order valence-electron chi connectivity index (χ1n) is 5.79. The molecule has 0 amide bonds. The molecule has 0 spiro atoms. The lowest BCUT2D eigenvalue weighted by atomic mass is 10.1. The molecule has 98 valence electrons. The molecule has 0 unspecified atom stereocenters. The van der Waals surface area contributed by atoms with E-state index in [1.54, 1.807) is 13.0 Å². The average Bonchev–Trinajstić information content (AvgIpc) is 2.41. The zero-order chi connectivity index (χ0) is 13.8. The fourth-order valence-corrected chi connectivity index (χ4v) is 1.72. The van der Waals surface area contributed by atoms with Crippen molar-refractivity contribution in [3.63, 3.8) is 0 Å². The van der Waals surface area contributed by atoms with E-state index in [1.807, 2.05) is 30.3 Å². The number of aryl methyl sites for hydroxylation is 1. The van der Waals surface area contributed by atoms with Crippen LogP contribution in [-0.4, -0.2) is 4.92 Å². The summed E-state index contributed by atoms with van der Waals surface area (Å²) in [6.45, 7) is 2.08. The van der Waals surface area contributed by atoms with Crippen molar-refractivity contribution in [3.05, 3.63) is 63.7 Å². The number of ether oxygens (including phenoxy) is 1. The van der Waals surface area contributed by atoms with E-state index < -0.39 is 4.92 Å². The minimum absolute atomic E-state index is 0.122. The van der Waals surface area contributed by atoms with Crippen LogP contribution in [0.25, 0.3) is 0 Å². The average molecular weight is 258 g/mol. The Morgan fingerprint density at radius 1 is 1.26 bits per heavy atom. The lowest BCUT2D eigenvalue weighted by Gasteiger charge is -2.09. The first kappa shape index (κ1) is 12.9. The predicted octanol–water partition coefficient (Wildman–Crippen LogP) is 3.06. The highest BCUT2D eigenvalue weighted by atomic mass is 16.6. The lowest BCUT2D eigenvalue weighted by Crippen LogP contribution is -2.01. The van der Waals surface area contributed by atoms with E-state index >= 15 is 0 Å². The van der Waals surface area contributed by atoms with Gasteiger partial charge >= 0.3 is 0 Å². The van der Waals surface area contributed by atoms with Crippen molar-refractivity contribution in [2.45, 2.75) is 13.5 Å². The second-order valence-electron chi connectivity index (χ2n) is 4.20. The Kier molecular flexibility index (Phi) is 3.66. The van der Waals surface area contributed by atoms with E-state index in [9.17, 15) is 10.1 Å². The second-order valence-corrected chi connectivity index (χ2v) is 4.20. The minimum Gasteiger partial charge on any atom is -0.489 e. The summed E-state index contributed by atoms with van der Waals surface area (Å²) in [5.41, 5.74) is 7.35. The van der Waals surface area contributed by atoms with Crippen molar-refractivity contribution in [1.82, 2.24) is 0 Å². The molecule has 0 aliphatic rings. The van der Waals surface area contributed by atoms with E-state index in [1.165, 1.54) is 6.07 Å². The zero-order valence-electron chi connectivity index (χ0n) is 10.5. The Balaban J connectivity index is 2.19. The summed E-state index contributed by atoms with van der Waals surface area (Å²) in [6.07, 6.45) is 0. The number of nitrogen functional groups attached to an aromatic ring is 1. The summed E-state index contributed by atoms with van der Waals surface area (Å²) in [4.78, 5) is 10.4. The summed E-state index contributed by atoms with van der Waals surface area (Å²) in [5, 5.41) is 10.9. The molecule has 2 rings (SSSR count). The van der Waals surface area contributed by atoms with Gasteiger partial charge < -0.3 is 10.5 Å². The third kappa shape index (κ3) is 3.01. The van der Waals surface area contributed by atoms with Crippen LogP contribution < -0.4 is 10.5 Å². The van der Waals surface area contributed by atoms with Crippen molar-refractivity contribution >= 4 is 11.4 Å². The van der Waals surface area contributed by atoms with E-state index in [0.717, 1.165) is 5.56 Å². The number of nitrogens with zero attached hydrogens (tertiary/aromatic N) is 1. The molecule has 0 atom stereocenters. The highest BCUT2D eigenvalue weighted by Crippen LogP contribution is 2.30. The molecule has 19 heavy (non-hydrogen) atoms. The van der Waals surface area contributed by atoms with Crippen LogP contribution in [0.1, 0.15) is 11.1 Å². The number of benzene rings is 2. The molecule has 0 saturated heterocycles. The van der Waals surface area contributed by atoms with Gasteiger partial charge in [0.05, 0.1) is 11.0 Å². The SMILES string of the molecule is Cc1cc(OCc2ccccc2)cc([N+](=O)[O-])c1N. The smallest absolute Gasteiger partial charge is 0.296 e. The molecule has 0 radical (unpaired) electrons. The maximum absolute atomic E-state index is 10.9. The van der Waals surface area contributed by atoms with Crippen LogP contribution >= 0.6 is 0 Å². The molecule has 2 aromatic rings. The van der Waals surface area contributed by atoms with E-state index in [4.69, 9.17) is 10.5 Å². The van der Waals surface area contributed by atoms with Crippen LogP contribution in [0.2, 0.25) is 0 Å². The fraction of sp³-hybridized carbons (Fsp3) is 0.143. The molecular formula is C14H14N2O3. The molecule has 0 saturated carbocycles. The largest absolute Gasteiger partial charge is 0.489 e. The van der Waals surface area contributed by atoms with Crippen molar-refractivity contribution in [2.75, 3.05) is 5.73 Å². The first-order valence-corrected chi connectivity index (χ1v) is 5.79. The number of hydrogen-bond acceptors (Lipinski definition) is 4. The van der Waals surface area contributed by atoms with Gasteiger partial charge in [0.15, 0.2) is 0 Å². The highest BCUT2D eigenvalue weighted by molar-refractivity contribution is 5.65. The monoisotopic (exact) mass is 258 g/mol. The van der Waals surface area contributed by atoms with Gasteiger partial charge in [-0.1, -0.05) is 30.3 Å². The molecule has 5 heteroatoms. The van der Waals surface area contributed by atoms with Gasteiger partial charge in [-0.05, 0) is 24.1 Å². The van der Waals surface area contributed by atoms with Crippen LogP contribution in [0.3, 0.4) is 0 Å². The molecule has 5 nitrogen and oxygen atoms in total. The van der Waals surface area contributed by atoms with Gasteiger partial charge in [0.25, 0.3) is 5.69 Å². The number of rotatable bonds is 4. The summed E-state index contributed by atoms with van der Waals surface area (Å²) in [6, 6.07) is 12.7. The highest BCUT2D eigenvalue weighted by Gasteiger charge is 2.15. The Labute approximate surface area is 110 Å². The normalized spacial score (nSPS) is 10.2. The summed E-state index contributed by atoms with van der Waals surface area (Å²) in [5.74, 6) is 0.447. The summed E-state index contributed by atoms with van der Waals surface area (Å²) < 4.78 is 5.56. The quantitative estimate of drug-likeness (QED) is 0.519. The second kappa shape index (κ2) is 5.39. The Hall–Kier alpha value is -2.56. The number of anilines is 1.